The molecule has 0 aliphatic rings. The second-order valence-electron chi connectivity index (χ2n) is 5.70. The number of aliphatic carboxylic acids is 1. The molecule has 0 bridgehead atoms. The summed E-state index contributed by atoms with van der Waals surface area (Å²) in [6.45, 7) is 5.16. The summed E-state index contributed by atoms with van der Waals surface area (Å²) < 4.78 is 5.14. The van der Waals surface area contributed by atoms with Crippen LogP contribution < -0.4 is 5.32 Å². The van der Waals surface area contributed by atoms with Crippen molar-refractivity contribution in [2.45, 2.75) is 44.9 Å². The molecule has 6 nitrogen and oxygen atoms in total. The molecule has 1 rings (SSSR count). The molecule has 0 aliphatic heterocycles. The van der Waals surface area contributed by atoms with Crippen molar-refractivity contribution in [3.8, 4) is 0 Å². The van der Waals surface area contributed by atoms with Crippen molar-refractivity contribution in [1.82, 2.24) is 5.32 Å². The molecule has 1 aromatic carbocycles. The molecule has 3 N–H and O–H groups in total. The summed E-state index contributed by atoms with van der Waals surface area (Å²) in [7, 11) is 0. The number of nitrogens with one attached hydrogen (secondary N) is 1. The van der Waals surface area contributed by atoms with Crippen molar-refractivity contribution in [2.75, 3.05) is 0 Å². The number of aliphatic hydroxyl groups excluding tert-OH is 1. The maximum absolute atomic E-state index is 11.8. The van der Waals surface area contributed by atoms with E-state index in [0.29, 0.717) is 5.56 Å². The maximum atomic E-state index is 11.8. The number of benzene rings is 1. The predicted octanol–water partition coefficient (Wildman–Crippen LogP) is 2.09. The van der Waals surface area contributed by atoms with E-state index in [1.165, 1.54) is 0 Å². The first-order valence-electron chi connectivity index (χ1n) is 6.63. The fourth-order valence-corrected chi connectivity index (χ4v) is 1.79. The number of alkyl carbamates (subject to hydrolysis) is 1. The lowest BCUT2D eigenvalue weighted by Crippen LogP contribution is -2.40. The number of carbonyl (C=O) groups excluding carboxylic acids is 1. The number of hydrogen-bond donors (Lipinski definition) is 3. The van der Waals surface area contributed by atoms with Crippen LogP contribution >= 0.6 is 0 Å². The van der Waals surface area contributed by atoms with Gasteiger partial charge in [-0.1, -0.05) is 30.3 Å². The van der Waals surface area contributed by atoms with E-state index in [1.54, 1.807) is 51.1 Å². The average Bonchev–Trinajstić information content (AvgIpc) is 2.34. The van der Waals surface area contributed by atoms with Crippen LogP contribution in [0, 0.1) is 0 Å². The van der Waals surface area contributed by atoms with Gasteiger partial charge in [0, 0.05) is 0 Å². The first kappa shape index (κ1) is 17.0. The number of hydrogen-bond acceptors (Lipinski definition) is 4. The molecule has 0 saturated heterocycles. The molecule has 21 heavy (non-hydrogen) atoms. The van der Waals surface area contributed by atoms with E-state index in [0.717, 1.165) is 0 Å². The van der Waals surface area contributed by atoms with Gasteiger partial charge in [0.2, 0.25) is 0 Å². The molecule has 0 radical (unpaired) electrons. The van der Waals surface area contributed by atoms with Gasteiger partial charge in [-0.05, 0) is 26.3 Å². The quantitative estimate of drug-likeness (QED) is 0.773. The van der Waals surface area contributed by atoms with Crippen molar-refractivity contribution < 1.29 is 24.5 Å². The van der Waals surface area contributed by atoms with Crippen LogP contribution in [0.3, 0.4) is 0 Å². The van der Waals surface area contributed by atoms with Gasteiger partial charge in [0.1, 0.15) is 5.60 Å². The van der Waals surface area contributed by atoms with E-state index in [9.17, 15) is 14.7 Å². The first-order valence-corrected chi connectivity index (χ1v) is 6.63. The molecule has 0 aromatic heterocycles. The highest BCUT2D eigenvalue weighted by molar-refractivity contribution is 5.70. The van der Waals surface area contributed by atoms with E-state index in [4.69, 9.17) is 9.84 Å². The number of carbonyl (C=O) groups is 2. The van der Waals surface area contributed by atoms with Crippen LogP contribution in [0.25, 0.3) is 0 Å². The predicted molar refractivity (Wildman–Crippen MR) is 76.8 cm³/mol. The molecule has 1 amide bonds. The van der Waals surface area contributed by atoms with Crippen LogP contribution in [-0.4, -0.2) is 34.0 Å². The second kappa shape index (κ2) is 7.08. The number of ether oxygens (including phenoxy) is 1. The molecule has 2 atom stereocenters. The van der Waals surface area contributed by atoms with Crippen molar-refractivity contribution in [3.05, 3.63) is 35.9 Å². The Kier molecular flexibility index (Phi) is 5.72. The fourth-order valence-electron chi connectivity index (χ4n) is 1.79. The zero-order valence-corrected chi connectivity index (χ0v) is 12.4. The van der Waals surface area contributed by atoms with Gasteiger partial charge in [0.25, 0.3) is 0 Å². The van der Waals surface area contributed by atoms with E-state index in [2.05, 4.69) is 5.32 Å². The molecule has 0 aliphatic carbocycles. The summed E-state index contributed by atoms with van der Waals surface area (Å²) in [6.07, 6.45) is -2.44. The minimum Gasteiger partial charge on any atom is -0.481 e. The van der Waals surface area contributed by atoms with Crippen molar-refractivity contribution in [1.29, 1.82) is 0 Å². The first-order chi connectivity index (χ1) is 9.69. The zero-order valence-electron chi connectivity index (χ0n) is 12.4. The molecule has 1 aromatic rings. The zero-order chi connectivity index (χ0) is 16.0. The highest BCUT2D eigenvalue weighted by Crippen LogP contribution is 2.20. The molecule has 6 heteroatoms. The van der Waals surface area contributed by atoms with Gasteiger partial charge in [0.15, 0.2) is 0 Å². The number of rotatable bonds is 5. The van der Waals surface area contributed by atoms with Crippen LogP contribution in [-0.2, 0) is 9.53 Å². The minimum absolute atomic E-state index is 0.477. The van der Waals surface area contributed by atoms with Gasteiger partial charge in [-0.15, -0.1) is 0 Å². The molecular weight excluding hydrogens is 274 g/mol. The number of carboxylic acid groups (broad SMARTS) is 1. The Morgan fingerprint density at radius 2 is 1.81 bits per heavy atom. The van der Waals surface area contributed by atoms with Crippen LogP contribution in [0.1, 0.15) is 38.8 Å². The lowest BCUT2D eigenvalue weighted by molar-refractivity contribution is -0.139. The Bertz CT molecular complexity index is 481. The Labute approximate surface area is 123 Å². The largest absolute Gasteiger partial charge is 0.481 e. The average molecular weight is 295 g/mol. The van der Waals surface area contributed by atoms with Gasteiger partial charge in [0.05, 0.1) is 18.6 Å². The number of amides is 1. The van der Waals surface area contributed by atoms with Gasteiger partial charge in [-0.2, -0.15) is 0 Å². The van der Waals surface area contributed by atoms with Crippen molar-refractivity contribution in [2.24, 2.45) is 0 Å². The molecule has 0 unspecified atom stereocenters. The number of aliphatic hydroxyl groups is 1. The van der Waals surface area contributed by atoms with Crippen LogP contribution in [0.5, 0.6) is 0 Å². The summed E-state index contributed by atoms with van der Waals surface area (Å²) in [6, 6.07) is 7.83. The maximum Gasteiger partial charge on any atom is 0.408 e. The standard InChI is InChI=1S/C15H21NO5/c1-15(2,3)21-14(20)16-13(11(17)9-12(18)19)10-7-5-4-6-8-10/h4-8,11,13,17H,9H2,1-3H3,(H,16,20)(H,18,19)/t11-,13-/m0/s1. The Morgan fingerprint density at radius 3 is 2.29 bits per heavy atom. The Hall–Kier alpha value is -2.08. The van der Waals surface area contributed by atoms with Crippen LogP contribution in [0.4, 0.5) is 4.79 Å². The Balaban J connectivity index is 2.87. The molecule has 0 fully saturated rings. The highest BCUT2D eigenvalue weighted by atomic mass is 16.6. The van der Waals surface area contributed by atoms with E-state index in [-0.39, 0.29) is 0 Å². The summed E-state index contributed by atoms with van der Waals surface area (Å²) in [4.78, 5) is 22.6. The van der Waals surface area contributed by atoms with Gasteiger partial charge >= 0.3 is 12.1 Å². The van der Waals surface area contributed by atoms with Crippen molar-refractivity contribution in [3.63, 3.8) is 0 Å². The van der Waals surface area contributed by atoms with Gasteiger partial charge in [-0.25, -0.2) is 4.79 Å². The lowest BCUT2D eigenvalue weighted by atomic mass is 9.99. The van der Waals surface area contributed by atoms with Crippen molar-refractivity contribution >= 4 is 12.1 Å². The molecular formula is C15H21NO5. The second-order valence-corrected chi connectivity index (χ2v) is 5.70. The van der Waals surface area contributed by atoms with E-state index < -0.39 is 36.2 Å². The van der Waals surface area contributed by atoms with Crippen LogP contribution in [0.2, 0.25) is 0 Å². The summed E-state index contributed by atoms with van der Waals surface area (Å²) in [5, 5.41) is 21.3. The fraction of sp³-hybridized carbons (Fsp3) is 0.467. The third-order valence-electron chi connectivity index (χ3n) is 2.60. The summed E-state index contributed by atoms with van der Waals surface area (Å²) >= 11 is 0. The topological polar surface area (TPSA) is 95.9 Å². The number of carboxylic acids is 1. The third-order valence-corrected chi connectivity index (χ3v) is 2.60. The Morgan fingerprint density at radius 1 is 1.24 bits per heavy atom. The molecule has 0 spiro atoms. The van der Waals surface area contributed by atoms with Gasteiger partial charge < -0.3 is 20.3 Å². The van der Waals surface area contributed by atoms with E-state index in [1.807, 2.05) is 0 Å². The lowest BCUT2D eigenvalue weighted by Gasteiger charge is -2.26. The summed E-state index contributed by atoms with van der Waals surface area (Å²) in [5.41, 5.74) is -0.0691. The van der Waals surface area contributed by atoms with E-state index >= 15 is 0 Å². The molecule has 0 heterocycles. The highest BCUT2D eigenvalue weighted by Gasteiger charge is 2.27. The third kappa shape index (κ3) is 6.27. The van der Waals surface area contributed by atoms with Crippen LogP contribution in [0.15, 0.2) is 30.3 Å². The SMILES string of the molecule is CC(C)(C)OC(=O)N[C@@H](c1ccccc1)[C@@H](O)CC(=O)O. The molecule has 116 valence electrons. The van der Waals surface area contributed by atoms with Gasteiger partial charge in [-0.3, -0.25) is 4.79 Å². The molecule has 0 saturated carbocycles. The summed E-state index contributed by atoms with van der Waals surface area (Å²) in [5.74, 6) is -1.14. The smallest absolute Gasteiger partial charge is 0.408 e. The normalized spacial score (nSPS) is 14.1. The monoisotopic (exact) mass is 295 g/mol. The minimum atomic E-state index is -1.25.